The number of ether oxygens (including phenoxy) is 1. The number of aliphatic hydroxyl groups is 1. The first-order chi connectivity index (χ1) is 9.33. The summed E-state index contributed by atoms with van der Waals surface area (Å²) in [6.07, 6.45) is 6.82. The van der Waals surface area contributed by atoms with Crippen molar-refractivity contribution in [1.82, 2.24) is 10.1 Å². The molecule has 3 rings (SSSR count). The molecule has 5 heteroatoms. The molecule has 1 saturated carbocycles. The summed E-state index contributed by atoms with van der Waals surface area (Å²) in [5, 5.41) is 14.2. The maximum atomic E-state index is 10.2. The van der Waals surface area contributed by atoms with E-state index in [4.69, 9.17) is 9.26 Å². The van der Waals surface area contributed by atoms with Crippen LogP contribution in [0.2, 0.25) is 0 Å². The van der Waals surface area contributed by atoms with Gasteiger partial charge in [0, 0.05) is 19.1 Å². The molecule has 2 heterocycles. The monoisotopic (exact) mass is 266 g/mol. The van der Waals surface area contributed by atoms with Gasteiger partial charge in [-0.25, -0.2) is 0 Å². The van der Waals surface area contributed by atoms with E-state index < -0.39 is 0 Å². The lowest BCUT2D eigenvalue weighted by atomic mass is 9.98. The van der Waals surface area contributed by atoms with Crippen LogP contribution in [0.3, 0.4) is 0 Å². The fourth-order valence-electron chi connectivity index (χ4n) is 3.16. The van der Waals surface area contributed by atoms with Crippen molar-refractivity contribution in [1.29, 1.82) is 0 Å². The third-order valence-electron chi connectivity index (χ3n) is 4.40. The van der Waals surface area contributed by atoms with Gasteiger partial charge in [-0.2, -0.15) is 4.98 Å². The molecule has 1 atom stereocenters. The minimum atomic E-state index is -0.328. The van der Waals surface area contributed by atoms with Crippen LogP contribution in [0, 0.1) is 5.92 Å². The van der Waals surface area contributed by atoms with Crippen LogP contribution in [-0.4, -0.2) is 34.6 Å². The summed E-state index contributed by atoms with van der Waals surface area (Å²) in [5.74, 6) is 2.14. The SMILES string of the molecule is OC(Cc1nc(C2CCOCC2)no1)C1CCCC1. The average Bonchev–Trinajstić information content (AvgIpc) is 3.11. The summed E-state index contributed by atoms with van der Waals surface area (Å²) in [7, 11) is 0. The van der Waals surface area contributed by atoms with Gasteiger partial charge < -0.3 is 14.4 Å². The van der Waals surface area contributed by atoms with Crippen molar-refractivity contribution in [2.45, 2.75) is 57.0 Å². The summed E-state index contributed by atoms with van der Waals surface area (Å²) < 4.78 is 10.6. The minimum absolute atomic E-state index is 0.328. The zero-order valence-corrected chi connectivity index (χ0v) is 11.3. The highest BCUT2D eigenvalue weighted by Gasteiger charge is 2.26. The number of rotatable bonds is 4. The van der Waals surface area contributed by atoms with E-state index in [9.17, 15) is 5.11 Å². The Morgan fingerprint density at radius 1 is 1.16 bits per heavy atom. The lowest BCUT2D eigenvalue weighted by molar-refractivity contribution is 0.0830. The van der Waals surface area contributed by atoms with Crippen LogP contribution in [0.15, 0.2) is 4.52 Å². The first-order valence-electron chi connectivity index (χ1n) is 7.41. The van der Waals surface area contributed by atoms with Gasteiger partial charge >= 0.3 is 0 Å². The molecule has 1 aliphatic heterocycles. The molecule has 1 unspecified atom stereocenters. The van der Waals surface area contributed by atoms with Crippen LogP contribution in [0.4, 0.5) is 0 Å². The zero-order chi connectivity index (χ0) is 13.1. The first kappa shape index (κ1) is 13.1. The van der Waals surface area contributed by atoms with Gasteiger partial charge in [0.05, 0.1) is 12.5 Å². The van der Waals surface area contributed by atoms with Gasteiger partial charge in [-0.1, -0.05) is 18.0 Å². The van der Waals surface area contributed by atoms with Crippen LogP contribution >= 0.6 is 0 Å². The van der Waals surface area contributed by atoms with E-state index >= 15 is 0 Å². The first-order valence-corrected chi connectivity index (χ1v) is 7.41. The summed E-state index contributed by atoms with van der Waals surface area (Å²) in [6, 6.07) is 0. The Kier molecular flexibility index (Phi) is 4.13. The van der Waals surface area contributed by atoms with Crippen LogP contribution in [0.1, 0.15) is 56.2 Å². The Labute approximate surface area is 113 Å². The second-order valence-corrected chi connectivity index (χ2v) is 5.75. The summed E-state index contributed by atoms with van der Waals surface area (Å²) in [4.78, 5) is 4.45. The standard InChI is InChI=1S/C14H22N2O3/c17-12(10-3-1-2-4-10)9-13-15-14(16-19-13)11-5-7-18-8-6-11/h10-12,17H,1-9H2. The molecule has 1 aliphatic carbocycles. The van der Waals surface area contributed by atoms with Gasteiger partial charge in [0.2, 0.25) is 5.89 Å². The van der Waals surface area contributed by atoms with Crippen molar-refractivity contribution in [3.05, 3.63) is 11.7 Å². The summed E-state index contributed by atoms with van der Waals surface area (Å²) >= 11 is 0. The quantitative estimate of drug-likeness (QED) is 0.903. The molecule has 0 amide bonds. The van der Waals surface area contributed by atoms with Crippen molar-refractivity contribution in [3.8, 4) is 0 Å². The van der Waals surface area contributed by atoms with Gasteiger partial charge in [0.1, 0.15) is 0 Å². The molecule has 2 fully saturated rings. The molecule has 0 radical (unpaired) electrons. The molecule has 1 aromatic heterocycles. The number of aliphatic hydroxyl groups excluding tert-OH is 1. The van der Waals surface area contributed by atoms with Crippen LogP contribution < -0.4 is 0 Å². The number of nitrogens with zero attached hydrogens (tertiary/aromatic N) is 2. The van der Waals surface area contributed by atoms with E-state index in [1.165, 1.54) is 12.8 Å². The minimum Gasteiger partial charge on any atom is -0.392 e. The molecule has 2 aliphatic rings. The van der Waals surface area contributed by atoms with E-state index in [1.54, 1.807) is 0 Å². The molecular weight excluding hydrogens is 244 g/mol. The van der Waals surface area contributed by atoms with Crippen molar-refractivity contribution in [2.24, 2.45) is 5.92 Å². The van der Waals surface area contributed by atoms with E-state index in [0.29, 0.717) is 24.1 Å². The number of hydrogen-bond donors (Lipinski definition) is 1. The van der Waals surface area contributed by atoms with Gasteiger partial charge in [-0.15, -0.1) is 0 Å². The zero-order valence-electron chi connectivity index (χ0n) is 11.3. The molecule has 1 saturated heterocycles. The van der Waals surface area contributed by atoms with Crippen molar-refractivity contribution in [3.63, 3.8) is 0 Å². The molecular formula is C14H22N2O3. The fraction of sp³-hybridized carbons (Fsp3) is 0.857. The van der Waals surface area contributed by atoms with Gasteiger partial charge in [0.25, 0.3) is 0 Å². The topological polar surface area (TPSA) is 68.4 Å². The predicted octanol–water partition coefficient (Wildman–Crippen LogP) is 2.06. The third kappa shape index (κ3) is 3.15. The maximum Gasteiger partial charge on any atom is 0.229 e. The molecule has 19 heavy (non-hydrogen) atoms. The number of hydrogen-bond acceptors (Lipinski definition) is 5. The van der Waals surface area contributed by atoms with E-state index in [-0.39, 0.29) is 6.10 Å². The fourth-order valence-corrected chi connectivity index (χ4v) is 3.16. The van der Waals surface area contributed by atoms with E-state index in [2.05, 4.69) is 10.1 Å². The Balaban J connectivity index is 1.57. The molecule has 0 aromatic carbocycles. The average molecular weight is 266 g/mol. The van der Waals surface area contributed by atoms with Crippen molar-refractivity contribution < 1.29 is 14.4 Å². The van der Waals surface area contributed by atoms with Crippen LogP contribution in [0.25, 0.3) is 0 Å². The highest BCUT2D eigenvalue weighted by molar-refractivity contribution is 4.97. The molecule has 0 bridgehead atoms. The van der Waals surface area contributed by atoms with E-state index in [0.717, 1.165) is 44.7 Å². The molecule has 1 aromatic rings. The Morgan fingerprint density at radius 2 is 1.89 bits per heavy atom. The van der Waals surface area contributed by atoms with Gasteiger partial charge in [0.15, 0.2) is 5.82 Å². The lowest BCUT2D eigenvalue weighted by Crippen LogP contribution is -2.20. The molecule has 5 nitrogen and oxygen atoms in total. The lowest BCUT2D eigenvalue weighted by Gasteiger charge is -2.18. The second-order valence-electron chi connectivity index (χ2n) is 5.75. The molecule has 0 spiro atoms. The van der Waals surface area contributed by atoms with E-state index in [1.807, 2.05) is 0 Å². The largest absolute Gasteiger partial charge is 0.392 e. The maximum absolute atomic E-state index is 10.2. The Morgan fingerprint density at radius 3 is 2.63 bits per heavy atom. The van der Waals surface area contributed by atoms with Crippen molar-refractivity contribution >= 4 is 0 Å². The van der Waals surface area contributed by atoms with Crippen LogP contribution in [-0.2, 0) is 11.2 Å². The molecule has 1 N–H and O–H groups in total. The third-order valence-corrected chi connectivity index (χ3v) is 4.40. The smallest absolute Gasteiger partial charge is 0.229 e. The van der Waals surface area contributed by atoms with Crippen molar-refractivity contribution in [2.75, 3.05) is 13.2 Å². The summed E-state index contributed by atoms with van der Waals surface area (Å²) in [5.41, 5.74) is 0. The second kappa shape index (κ2) is 6.01. The van der Waals surface area contributed by atoms with Gasteiger partial charge in [-0.05, 0) is 31.6 Å². The number of aromatic nitrogens is 2. The van der Waals surface area contributed by atoms with Gasteiger partial charge in [-0.3, -0.25) is 0 Å². The summed E-state index contributed by atoms with van der Waals surface area (Å²) in [6.45, 7) is 1.55. The highest BCUT2D eigenvalue weighted by atomic mass is 16.5. The Hall–Kier alpha value is -0.940. The predicted molar refractivity (Wildman–Crippen MR) is 68.8 cm³/mol. The normalized spacial score (nSPS) is 23.8. The van der Waals surface area contributed by atoms with Crippen LogP contribution in [0.5, 0.6) is 0 Å². The highest BCUT2D eigenvalue weighted by Crippen LogP contribution is 2.29. The Bertz CT molecular complexity index is 395. The molecule has 106 valence electrons.